The van der Waals surface area contributed by atoms with Gasteiger partial charge in [0, 0.05) is 8.80 Å². The van der Waals surface area contributed by atoms with Crippen molar-refractivity contribution in [1.29, 1.82) is 0 Å². The number of fused-ring (bicyclic) bond motifs is 1. The summed E-state index contributed by atoms with van der Waals surface area (Å²) >= 11 is 0. The summed E-state index contributed by atoms with van der Waals surface area (Å²) in [4.78, 5) is 0. The first-order chi connectivity index (χ1) is 8.18. The monoisotopic (exact) mass is 247 g/mol. The van der Waals surface area contributed by atoms with E-state index >= 15 is 0 Å². The molecule has 0 bridgehead atoms. The van der Waals surface area contributed by atoms with Crippen molar-refractivity contribution in [2.24, 2.45) is 17.8 Å². The van der Waals surface area contributed by atoms with Crippen molar-refractivity contribution in [2.45, 2.75) is 70.5 Å². The third kappa shape index (κ3) is 1.95. The van der Waals surface area contributed by atoms with Crippen LogP contribution in [-0.4, -0.2) is 8.80 Å². The van der Waals surface area contributed by atoms with Gasteiger partial charge >= 0.3 is 0 Å². The molecule has 3 aliphatic carbocycles. The Bertz CT molecular complexity index is 328. The molecular weight excluding hydrogens is 220 g/mol. The molecule has 17 heavy (non-hydrogen) atoms. The van der Waals surface area contributed by atoms with Crippen LogP contribution in [0.3, 0.4) is 0 Å². The van der Waals surface area contributed by atoms with Crippen molar-refractivity contribution in [3.8, 4) is 0 Å². The molecule has 0 saturated heterocycles. The van der Waals surface area contributed by atoms with Gasteiger partial charge in [-0.05, 0) is 68.2 Å². The van der Waals surface area contributed by atoms with Crippen molar-refractivity contribution in [1.82, 2.24) is 0 Å². The Kier molecular flexibility index (Phi) is 3.23. The van der Waals surface area contributed by atoms with Gasteiger partial charge in [0.25, 0.3) is 0 Å². The molecule has 0 amide bonds. The Balaban J connectivity index is 1.91. The number of rotatable bonds is 2. The highest BCUT2D eigenvalue weighted by atomic mass is 28.3. The minimum Gasteiger partial charge on any atom is -0.0711 e. The third-order valence-electron chi connectivity index (χ3n) is 5.93. The van der Waals surface area contributed by atoms with Crippen LogP contribution >= 0.6 is 0 Å². The van der Waals surface area contributed by atoms with Gasteiger partial charge in [-0.25, -0.2) is 0 Å². The zero-order chi connectivity index (χ0) is 12.0. The maximum absolute atomic E-state index is 2.57. The fourth-order valence-corrected chi connectivity index (χ4v) is 5.72. The highest BCUT2D eigenvalue weighted by Gasteiger charge is 2.45. The Morgan fingerprint density at radius 1 is 1.12 bits per heavy atom. The second-order valence-electron chi connectivity index (χ2n) is 6.93. The molecule has 3 aliphatic rings. The Morgan fingerprint density at radius 3 is 2.53 bits per heavy atom. The van der Waals surface area contributed by atoms with E-state index in [0.717, 1.165) is 23.3 Å². The summed E-state index contributed by atoms with van der Waals surface area (Å²) in [7, 11) is -0.117. The molecule has 1 saturated carbocycles. The third-order valence-corrected chi connectivity index (χ3v) is 8.11. The topological polar surface area (TPSA) is 0 Å². The van der Waals surface area contributed by atoms with Crippen LogP contribution in [0, 0.1) is 17.8 Å². The smallest absolute Gasteiger partial charge is 0.0449 e. The Morgan fingerprint density at radius 2 is 1.88 bits per heavy atom. The molecule has 0 N–H and O–H groups in total. The zero-order valence-corrected chi connectivity index (χ0v) is 12.8. The van der Waals surface area contributed by atoms with Crippen LogP contribution in [0.4, 0.5) is 0 Å². The lowest BCUT2D eigenvalue weighted by molar-refractivity contribution is 0.0967. The summed E-state index contributed by atoms with van der Waals surface area (Å²) in [6, 6.07) is 0. The summed E-state index contributed by atoms with van der Waals surface area (Å²) in [5, 5.41) is 0. The molecule has 4 unspecified atom stereocenters. The molecule has 0 aromatic heterocycles. The van der Waals surface area contributed by atoms with Gasteiger partial charge in [0.15, 0.2) is 0 Å². The molecule has 4 atom stereocenters. The standard InChI is InChI=1S/C16H27Si/c1-11(17(2)3)16-14-7-5-4-6-12(14)10-13-8-9-15(13)16/h11,13,15-16H,4-10H2,1-3H3. The van der Waals surface area contributed by atoms with Gasteiger partial charge in [-0.3, -0.25) is 0 Å². The summed E-state index contributed by atoms with van der Waals surface area (Å²) in [5.74, 6) is 3.21. The predicted octanol–water partition coefficient (Wildman–Crippen LogP) is 5.05. The molecule has 1 heteroatoms. The minimum absolute atomic E-state index is 0.117. The first kappa shape index (κ1) is 12.0. The molecule has 0 aromatic rings. The fourth-order valence-electron chi connectivity index (χ4n) is 4.55. The highest BCUT2D eigenvalue weighted by molar-refractivity contribution is 6.57. The van der Waals surface area contributed by atoms with Crippen LogP contribution in [0.1, 0.15) is 51.9 Å². The molecule has 0 aromatic carbocycles. The lowest BCUT2D eigenvalue weighted by Gasteiger charge is -2.52. The van der Waals surface area contributed by atoms with Gasteiger partial charge in [-0.15, -0.1) is 0 Å². The van der Waals surface area contributed by atoms with Crippen molar-refractivity contribution in [2.75, 3.05) is 0 Å². The van der Waals surface area contributed by atoms with Crippen molar-refractivity contribution in [3.63, 3.8) is 0 Å². The minimum atomic E-state index is -0.117. The van der Waals surface area contributed by atoms with E-state index < -0.39 is 0 Å². The number of hydrogen-bond acceptors (Lipinski definition) is 0. The molecule has 3 rings (SSSR count). The van der Waals surface area contributed by atoms with E-state index in [9.17, 15) is 0 Å². The van der Waals surface area contributed by atoms with Gasteiger partial charge in [-0.1, -0.05) is 31.2 Å². The first-order valence-corrected chi connectivity index (χ1v) is 10.3. The van der Waals surface area contributed by atoms with Gasteiger partial charge in [0.2, 0.25) is 0 Å². The summed E-state index contributed by atoms with van der Waals surface area (Å²) in [6.45, 7) is 7.63. The number of hydrogen-bond donors (Lipinski definition) is 0. The molecule has 1 radical (unpaired) electrons. The second kappa shape index (κ2) is 4.57. The molecular formula is C16H27Si. The summed E-state index contributed by atoms with van der Waals surface area (Å²) < 4.78 is 0. The second-order valence-corrected chi connectivity index (χ2v) is 10.00. The lowest BCUT2D eigenvalue weighted by Crippen LogP contribution is -2.42. The van der Waals surface area contributed by atoms with Crippen LogP contribution in [0.5, 0.6) is 0 Å². The molecule has 95 valence electrons. The molecule has 1 fully saturated rings. The van der Waals surface area contributed by atoms with E-state index in [4.69, 9.17) is 0 Å². The van der Waals surface area contributed by atoms with E-state index in [2.05, 4.69) is 20.0 Å². The zero-order valence-electron chi connectivity index (χ0n) is 11.8. The summed E-state index contributed by atoms with van der Waals surface area (Å²) in [6.07, 6.45) is 10.5. The largest absolute Gasteiger partial charge is 0.0711 e. The van der Waals surface area contributed by atoms with Crippen LogP contribution in [0.15, 0.2) is 11.1 Å². The molecule has 0 heterocycles. The molecule has 0 aliphatic heterocycles. The van der Waals surface area contributed by atoms with Crippen LogP contribution in [0.25, 0.3) is 0 Å². The van der Waals surface area contributed by atoms with Gasteiger partial charge < -0.3 is 0 Å². The van der Waals surface area contributed by atoms with Gasteiger partial charge in [-0.2, -0.15) is 0 Å². The fraction of sp³-hybridized carbons (Fsp3) is 0.875. The molecule has 0 nitrogen and oxygen atoms in total. The Labute approximate surface area is 108 Å². The van der Waals surface area contributed by atoms with E-state index in [0.29, 0.717) is 0 Å². The maximum atomic E-state index is 2.57. The van der Waals surface area contributed by atoms with Gasteiger partial charge in [0.1, 0.15) is 0 Å². The van der Waals surface area contributed by atoms with Gasteiger partial charge in [0.05, 0.1) is 0 Å². The van der Waals surface area contributed by atoms with E-state index in [-0.39, 0.29) is 8.80 Å². The average molecular weight is 247 g/mol. The predicted molar refractivity (Wildman–Crippen MR) is 76.7 cm³/mol. The van der Waals surface area contributed by atoms with Crippen molar-refractivity contribution in [3.05, 3.63) is 11.1 Å². The van der Waals surface area contributed by atoms with Crippen LogP contribution in [-0.2, 0) is 0 Å². The average Bonchev–Trinajstić information content (AvgIpc) is 2.30. The lowest BCUT2D eigenvalue weighted by atomic mass is 9.56. The number of allylic oxidation sites excluding steroid dienone is 2. The Hall–Kier alpha value is -0.0431. The van der Waals surface area contributed by atoms with Crippen LogP contribution < -0.4 is 0 Å². The maximum Gasteiger partial charge on any atom is 0.0449 e. The van der Waals surface area contributed by atoms with Crippen LogP contribution in [0.2, 0.25) is 18.6 Å². The van der Waals surface area contributed by atoms with Crippen molar-refractivity contribution >= 4 is 8.80 Å². The van der Waals surface area contributed by atoms with Crippen molar-refractivity contribution < 1.29 is 0 Å². The van der Waals surface area contributed by atoms with E-state index in [1.807, 2.05) is 11.1 Å². The van der Waals surface area contributed by atoms with E-state index in [1.54, 1.807) is 12.8 Å². The quantitative estimate of drug-likeness (QED) is 0.473. The highest BCUT2D eigenvalue weighted by Crippen LogP contribution is 2.57. The molecule has 0 spiro atoms. The SMILES string of the molecule is CC(C1C2=C(CCCC2)CC2CCC21)[Si](C)C. The summed E-state index contributed by atoms with van der Waals surface area (Å²) in [5.41, 5.74) is 4.91. The first-order valence-electron chi connectivity index (χ1n) is 7.69. The van der Waals surface area contributed by atoms with E-state index in [1.165, 1.54) is 32.1 Å². The normalized spacial score (nSPS) is 38.5.